The van der Waals surface area contributed by atoms with Crippen molar-refractivity contribution in [3.8, 4) is 22.7 Å². The van der Waals surface area contributed by atoms with Crippen LogP contribution in [0.2, 0.25) is 0 Å². The lowest BCUT2D eigenvalue weighted by molar-refractivity contribution is 1.13. The van der Waals surface area contributed by atoms with Crippen LogP contribution in [0.1, 0.15) is 0 Å². The summed E-state index contributed by atoms with van der Waals surface area (Å²) in [6.07, 6.45) is 0. The van der Waals surface area contributed by atoms with Gasteiger partial charge in [0, 0.05) is 66.2 Å². The van der Waals surface area contributed by atoms with Gasteiger partial charge in [0.15, 0.2) is 0 Å². The molecule has 268 valence electrons. The van der Waals surface area contributed by atoms with Gasteiger partial charge in [0.1, 0.15) is 0 Å². The summed E-state index contributed by atoms with van der Waals surface area (Å²) in [5.74, 6) is 0. The molecule has 4 nitrogen and oxygen atoms in total. The molecule has 58 heavy (non-hydrogen) atoms. The molecule has 0 saturated carbocycles. The number of para-hydroxylation sites is 5. The summed E-state index contributed by atoms with van der Waals surface area (Å²) in [6.45, 7) is 0. The molecule has 0 fully saturated rings. The third-order valence-electron chi connectivity index (χ3n) is 12.2. The van der Waals surface area contributed by atoms with Gasteiger partial charge in [-0.3, -0.25) is 0 Å². The molecule has 4 heteroatoms. The Hall–Kier alpha value is -8.00. The van der Waals surface area contributed by atoms with E-state index in [2.05, 4.69) is 212 Å². The minimum Gasteiger partial charge on any atom is -0.307 e. The van der Waals surface area contributed by atoms with Gasteiger partial charge in [-0.25, -0.2) is 0 Å². The second-order valence-electron chi connectivity index (χ2n) is 15.2. The number of fused-ring (bicyclic) bond motifs is 14. The summed E-state index contributed by atoms with van der Waals surface area (Å²) in [4.78, 5) is 0. The zero-order chi connectivity index (χ0) is 37.9. The number of nitrogens with zero attached hydrogens (tertiary/aromatic N) is 4. The molecule has 0 saturated heterocycles. The molecule has 9 aromatic carbocycles. The summed E-state index contributed by atoms with van der Waals surface area (Å²) in [6, 6.07) is 76.8. The summed E-state index contributed by atoms with van der Waals surface area (Å²) >= 11 is 0. The van der Waals surface area contributed by atoms with Gasteiger partial charge in [0.25, 0.3) is 0 Å². The quantitative estimate of drug-likeness (QED) is 0.171. The van der Waals surface area contributed by atoms with Gasteiger partial charge in [-0.15, -0.1) is 0 Å². The number of hydrogen-bond acceptors (Lipinski definition) is 0. The van der Waals surface area contributed by atoms with E-state index < -0.39 is 0 Å². The Balaban J connectivity index is 1.11. The van der Waals surface area contributed by atoms with Crippen molar-refractivity contribution in [3.05, 3.63) is 206 Å². The molecule has 0 aliphatic carbocycles. The lowest BCUT2D eigenvalue weighted by Crippen LogP contribution is -2.00. The molecular formula is C54H32N4. The first-order valence-electron chi connectivity index (χ1n) is 19.8. The molecule has 4 heterocycles. The van der Waals surface area contributed by atoms with E-state index in [-0.39, 0.29) is 0 Å². The van der Waals surface area contributed by atoms with Crippen LogP contribution in [0.15, 0.2) is 194 Å². The normalized spacial score (nSPS) is 12.0. The fourth-order valence-corrected chi connectivity index (χ4v) is 9.88. The summed E-state index contributed by atoms with van der Waals surface area (Å²) in [5, 5.41) is 9.86. The van der Waals surface area contributed by atoms with Crippen LogP contribution < -0.4 is 0 Å². The van der Waals surface area contributed by atoms with E-state index in [1.54, 1.807) is 0 Å². The monoisotopic (exact) mass is 736 g/mol. The van der Waals surface area contributed by atoms with Crippen molar-refractivity contribution in [2.24, 2.45) is 0 Å². The molecular weight excluding hydrogens is 705 g/mol. The van der Waals surface area contributed by atoms with Crippen molar-refractivity contribution in [2.75, 3.05) is 0 Å². The Kier molecular flexibility index (Phi) is 6.33. The lowest BCUT2D eigenvalue weighted by Gasteiger charge is -2.14. The predicted octanol–water partition coefficient (Wildman–Crippen LogP) is 13.7. The molecule has 4 aromatic heterocycles. The summed E-state index contributed by atoms with van der Waals surface area (Å²) in [5.41, 5.74) is 13.9. The second kappa shape index (κ2) is 11.8. The maximum atomic E-state index is 3.22. The Labute approximate surface area is 333 Å². The van der Waals surface area contributed by atoms with E-state index in [1.807, 2.05) is 12.1 Å². The maximum absolute atomic E-state index is 3.22. The fraction of sp³-hybridized carbons (Fsp3) is 0. The number of aromatic nitrogens is 4. The van der Waals surface area contributed by atoms with Gasteiger partial charge < -0.3 is 18.3 Å². The maximum Gasteiger partial charge on any atom is 0.0789 e. The van der Waals surface area contributed by atoms with Gasteiger partial charge in [-0.1, -0.05) is 127 Å². The van der Waals surface area contributed by atoms with Crippen LogP contribution in [-0.4, -0.2) is 18.3 Å². The first kappa shape index (κ1) is 31.2. The van der Waals surface area contributed by atoms with Crippen LogP contribution in [0.5, 0.6) is 0 Å². The van der Waals surface area contributed by atoms with Crippen LogP contribution in [-0.2, 0) is 0 Å². The molecule has 0 aliphatic heterocycles. The van der Waals surface area contributed by atoms with Crippen molar-refractivity contribution in [3.63, 3.8) is 0 Å². The summed E-state index contributed by atoms with van der Waals surface area (Å²) in [7, 11) is 0. The van der Waals surface area contributed by atoms with Crippen LogP contribution in [0.25, 0.3) is 110 Å². The van der Waals surface area contributed by atoms with Crippen LogP contribution >= 0.6 is 0 Å². The summed E-state index contributed by atoms with van der Waals surface area (Å²) < 4.78 is 9.78. The molecule has 0 spiro atoms. The average Bonchev–Trinajstić information content (AvgIpc) is 4.02. The highest BCUT2D eigenvalue weighted by atomic mass is 15.1. The highest BCUT2D eigenvalue weighted by Gasteiger charge is 2.23. The molecule has 0 unspecified atom stereocenters. The van der Waals surface area contributed by atoms with E-state index in [0.29, 0.717) is 0 Å². The Bertz CT molecular complexity index is 3520. The van der Waals surface area contributed by atoms with E-state index in [0.717, 1.165) is 22.7 Å². The highest BCUT2D eigenvalue weighted by molar-refractivity contribution is 6.25. The number of benzene rings is 8. The molecule has 0 radical (unpaired) electrons. The zero-order valence-corrected chi connectivity index (χ0v) is 31.3. The van der Waals surface area contributed by atoms with Gasteiger partial charge >= 0.3 is 0 Å². The number of rotatable bonds is 4. The van der Waals surface area contributed by atoms with Gasteiger partial charge in [-0.2, -0.15) is 0 Å². The topological polar surface area (TPSA) is 19.7 Å². The third kappa shape index (κ3) is 4.14. The van der Waals surface area contributed by atoms with E-state index in [9.17, 15) is 0 Å². The minimum atomic E-state index is 1.06. The molecule has 0 atom stereocenters. The third-order valence-corrected chi connectivity index (χ3v) is 12.2. The smallest absolute Gasteiger partial charge is 0.0789 e. The Morgan fingerprint density at radius 1 is 0.241 bits per heavy atom. The molecule has 0 amide bonds. The van der Waals surface area contributed by atoms with Crippen molar-refractivity contribution < 1.29 is 0 Å². The highest BCUT2D eigenvalue weighted by Crippen LogP contribution is 2.44. The first-order chi connectivity index (χ1) is 28.8. The van der Waals surface area contributed by atoms with Crippen LogP contribution in [0.3, 0.4) is 0 Å². The van der Waals surface area contributed by atoms with E-state index in [4.69, 9.17) is 0 Å². The van der Waals surface area contributed by atoms with E-state index in [1.165, 1.54) is 87.2 Å². The molecule has 0 bridgehead atoms. The minimum absolute atomic E-state index is 1.06. The Morgan fingerprint density at radius 2 is 0.569 bits per heavy atom. The number of hydrogen-bond donors (Lipinski definition) is 0. The largest absolute Gasteiger partial charge is 0.307 e. The standard InChI is InChI=1S/C54H32N4/c1-3-15-35(16-4-1)55-47-23-11-7-19-39(47)43-31-33-45-41-21-9-13-25-49(41)57(53(45)51(43)55)37-27-29-38(30-28-37)58-50-26-14-10-22-42(50)46-34-32-44-40-20-8-12-24-48(40)56(52(44)54(46)58)36-17-5-2-6-18-36/h1,3-5,7-34H. The fourth-order valence-electron chi connectivity index (χ4n) is 9.88. The van der Waals surface area contributed by atoms with Crippen LogP contribution in [0.4, 0.5) is 0 Å². The SMILES string of the molecule is c1ccc(-n2c3ccccc3c3ccc4c5ccccc5n(-c5ccc(-n6c7ccccc7c7ccc8c9ccccc9n(-c9ccccc9)c8c76)cc5)c4c32)cc#1. The van der Waals surface area contributed by atoms with Gasteiger partial charge in [0.2, 0.25) is 0 Å². The molecule has 0 N–H and O–H groups in total. The van der Waals surface area contributed by atoms with Crippen molar-refractivity contribution >= 4 is 87.2 Å². The second-order valence-corrected chi connectivity index (χ2v) is 15.2. The zero-order valence-electron chi connectivity index (χ0n) is 31.3. The van der Waals surface area contributed by atoms with Gasteiger partial charge in [0.05, 0.1) is 49.8 Å². The van der Waals surface area contributed by atoms with Crippen molar-refractivity contribution in [1.29, 1.82) is 0 Å². The Morgan fingerprint density at radius 3 is 0.931 bits per heavy atom. The predicted molar refractivity (Wildman–Crippen MR) is 241 cm³/mol. The van der Waals surface area contributed by atoms with Gasteiger partial charge in [-0.05, 0) is 72.8 Å². The van der Waals surface area contributed by atoms with Crippen LogP contribution in [0, 0.1) is 12.1 Å². The van der Waals surface area contributed by atoms with E-state index >= 15 is 0 Å². The average molecular weight is 737 g/mol. The molecule has 13 aromatic rings. The molecule has 0 aliphatic rings. The first-order valence-corrected chi connectivity index (χ1v) is 19.8. The lowest BCUT2D eigenvalue weighted by atomic mass is 10.1. The van der Waals surface area contributed by atoms with Crippen molar-refractivity contribution in [2.45, 2.75) is 0 Å². The van der Waals surface area contributed by atoms with Crippen molar-refractivity contribution in [1.82, 2.24) is 18.3 Å². The molecule has 13 rings (SSSR count).